The van der Waals surface area contributed by atoms with E-state index in [9.17, 15) is 5.11 Å². The van der Waals surface area contributed by atoms with Gasteiger partial charge in [-0.1, -0.05) is 27.7 Å². The molecule has 150 valence electrons. The molecule has 0 radical (unpaired) electrons. The van der Waals surface area contributed by atoms with Gasteiger partial charge in [-0.3, -0.25) is 4.99 Å². The first kappa shape index (κ1) is 24.2. The molecule has 0 heterocycles. The van der Waals surface area contributed by atoms with E-state index in [1.807, 2.05) is 0 Å². The molecule has 0 aromatic rings. The zero-order valence-corrected chi connectivity index (χ0v) is 17.6. The maximum atomic E-state index is 9.26. The highest BCUT2D eigenvalue weighted by atomic mass is 16.3. The van der Waals surface area contributed by atoms with E-state index in [4.69, 9.17) is 4.99 Å². The van der Waals surface area contributed by atoms with Gasteiger partial charge in [0, 0.05) is 25.7 Å². The second kappa shape index (κ2) is 15.4. The average Bonchev–Trinajstić information content (AvgIpc) is 2.56. The van der Waals surface area contributed by atoms with Crippen LogP contribution in [0.4, 0.5) is 0 Å². The number of aliphatic hydroxyl groups excluding tert-OH is 1. The van der Waals surface area contributed by atoms with Crippen molar-refractivity contribution in [2.24, 2.45) is 16.8 Å². The van der Waals surface area contributed by atoms with Gasteiger partial charge in [-0.15, -0.1) is 0 Å². The van der Waals surface area contributed by atoms with Crippen LogP contribution in [0.2, 0.25) is 0 Å². The van der Waals surface area contributed by atoms with Crippen molar-refractivity contribution in [3.8, 4) is 0 Å². The Balaban J connectivity index is 4.44. The summed E-state index contributed by atoms with van der Waals surface area (Å²) in [4.78, 5) is 7.24. The molecule has 2 unspecified atom stereocenters. The minimum Gasteiger partial charge on any atom is -0.396 e. The van der Waals surface area contributed by atoms with Crippen LogP contribution in [0.5, 0.6) is 0 Å². The molecule has 0 rings (SSSR count). The fourth-order valence-corrected chi connectivity index (χ4v) is 3.14. The van der Waals surface area contributed by atoms with Crippen LogP contribution >= 0.6 is 0 Å². The normalized spacial score (nSPS) is 14.8. The molecule has 0 fully saturated rings. The van der Waals surface area contributed by atoms with Gasteiger partial charge in [-0.05, 0) is 71.0 Å². The average molecular weight is 357 g/mol. The van der Waals surface area contributed by atoms with E-state index >= 15 is 0 Å². The van der Waals surface area contributed by atoms with E-state index in [0.717, 1.165) is 51.4 Å². The van der Waals surface area contributed by atoms with Crippen LogP contribution in [0, 0.1) is 11.8 Å². The minimum absolute atomic E-state index is 0.249. The van der Waals surface area contributed by atoms with Crippen molar-refractivity contribution in [1.29, 1.82) is 0 Å². The molecular weight excluding hydrogens is 312 g/mol. The number of nitrogens with zero attached hydrogens (tertiary/aromatic N) is 2. The van der Waals surface area contributed by atoms with Gasteiger partial charge in [0.05, 0.1) is 0 Å². The molecule has 2 atom stereocenters. The largest absolute Gasteiger partial charge is 0.396 e. The molecule has 0 spiro atoms. The topological polar surface area (TPSA) is 59.9 Å². The minimum atomic E-state index is 0.249. The van der Waals surface area contributed by atoms with Crippen molar-refractivity contribution in [1.82, 2.24) is 15.5 Å². The first-order chi connectivity index (χ1) is 12.0. The predicted molar refractivity (Wildman–Crippen MR) is 110 cm³/mol. The number of aliphatic imine (C=N–C) groups is 1. The molecule has 0 aromatic carbocycles. The van der Waals surface area contributed by atoms with E-state index in [0.29, 0.717) is 17.9 Å². The van der Waals surface area contributed by atoms with Crippen molar-refractivity contribution in [3.63, 3.8) is 0 Å². The Morgan fingerprint density at radius 1 is 1.08 bits per heavy atom. The lowest BCUT2D eigenvalue weighted by Gasteiger charge is -2.22. The van der Waals surface area contributed by atoms with E-state index in [1.165, 1.54) is 13.0 Å². The lowest BCUT2D eigenvalue weighted by Crippen LogP contribution is -2.42. The van der Waals surface area contributed by atoms with Gasteiger partial charge in [-0.2, -0.15) is 0 Å². The standard InChI is InChI=1S/C20H44N4O/c1-7-21-20(22-16-19(12-14-25)15-17(4)5)23-18(6)11-10-13-24(8-2)9-3/h17-19,25H,7-16H2,1-6H3,(H2,21,22,23). The summed E-state index contributed by atoms with van der Waals surface area (Å²) >= 11 is 0. The van der Waals surface area contributed by atoms with Gasteiger partial charge in [0.1, 0.15) is 0 Å². The maximum Gasteiger partial charge on any atom is 0.191 e. The summed E-state index contributed by atoms with van der Waals surface area (Å²) in [5, 5.41) is 16.2. The van der Waals surface area contributed by atoms with Crippen molar-refractivity contribution in [2.45, 2.75) is 73.3 Å². The molecule has 0 amide bonds. The van der Waals surface area contributed by atoms with Crippen molar-refractivity contribution >= 4 is 5.96 Å². The number of aliphatic hydroxyl groups is 1. The Morgan fingerprint density at radius 2 is 1.76 bits per heavy atom. The third-order valence-corrected chi connectivity index (χ3v) is 4.58. The summed E-state index contributed by atoms with van der Waals surface area (Å²) in [5.41, 5.74) is 0. The lowest BCUT2D eigenvalue weighted by atomic mass is 9.94. The Bertz CT molecular complexity index is 330. The number of guanidine groups is 1. The Labute approximate surface area is 156 Å². The number of hydrogen-bond donors (Lipinski definition) is 3. The van der Waals surface area contributed by atoms with Crippen LogP contribution in [-0.2, 0) is 0 Å². The van der Waals surface area contributed by atoms with Gasteiger partial charge in [-0.25, -0.2) is 0 Å². The zero-order chi connectivity index (χ0) is 19.1. The van der Waals surface area contributed by atoms with Gasteiger partial charge in [0.2, 0.25) is 0 Å². The molecule has 25 heavy (non-hydrogen) atoms. The quantitative estimate of drug-likeness (QED) is 0.331. The van der Waals surface area contributed by atoms with E-state index in [-0.39, 0.29) is 6.61 Å². The fourth-order valence-electron chi connectivity index (χ4n) is 3.14. The fraction of sp³-hybridized carbons (Fsp3) is 0.950. The van der Waals surface area contributed by atoms with Crippen LogP contribution in [-0.4, -0.2) is 61.3 Å². The molecule has 5 nitrogen and oxygen atoms in total. The summed E-state index contributed by atoms with van der Waals surface area (Å²) in [6, 6.07) is 0.412. The van der Waals surface area contributed by atoms with Crippen molar-refractivity contribution in [2.75, 3.05) is 39.3 Å². The Morgan fingerprint density at radius 3 is 2.28 bits per heavy atom. The number of rotatable bonds is 14. The highest BCUT2D eigenvalue weighted by Crippen LogP contribution is 2.15. The predicted octanol–water partition coefficient (Wildman–Crippen LogP) is 3.10. The SMILES string of the molecule is CCNC(=NCC(CCO)CC(C)C)NC(C)CCCN(CC)CC. The van der Waals surface area contributed by atoms with Gasteiger partial charge in [0.15, 0.2) is 5.96 Å². The van der Waals surface area contributed by atoms with Crippen LogP contribution in [0.25, 0.3) is 0 Å². The van der Waals surface area contributed by atoms with E-state index in [1.54, 1.807) is 0 Å². The van der Waals surface area contributed by atoms with Crippen LogP contribution in [0.3, 0.4) is 0 Å². The molecule has 0 aliphatic rings. The smallest absolute Gasteiger partial charge is 0.191 e. The first-order valence-corrected chi connectivity index (χ1v) is 10.3. The lowest BCUT2D eigenvalue weighted by molar-refractivity contribution is 0.245. The molecule has 3 N–H and O–H groups in total. The third kappa shape index (κ3) is 13.1. The monoisotopic (exact) mass is 356 g/mol. The highest BCUT2D eigenvalue weighted by molar-refractivity contribution is 5.80. The summed E-state index contributed by atoms with van der Waals surface area (Å²) in [6.07, 6.45) is 4.30. The van der Waals surface area contributed by atoms with Gasteiger partial charge in [0.25, 0.3) is 0 Å². The molecule has 0 aliphatic heterocycles. The molecule has 0 aromatic heterocycles. The summed E-state index contributed by atoms with van der Waals surface area (Å²) in [5.74, 6) is 2.00. The number of hydrogen-bond acceptors (Lipinski definition) is 3. The molecule has 0 aliphatic carbocycles. The van der Waals surface area contributed by atoms with E-state index < -0.39 is 0 Å². The zero-order valence-electron chi connectivity index (χ0n) is 17.6. The van der Waals surface area contributed by atoms with Crippen LogP contribution < -0.4 is 10.6 Å². The third-order valence-electron chi connectivity index (χ3n) is 4.58. The molecular formula is C20H44N4O. The first-order valence-electron chi connectivity index (χ1n) is 10.3. The van der Waals surface area contributed by atoms with Crippen LogP contribution in [0.15, 0.2) is 4.99 Å². The Hall–Kier alpha value is -0.810. The highest BCUT2D eigenvalue weighted by Gasteiger charge is 2.12. The molecule has 0 bridgehead atoms. The van der Waals surface area contributed by atoms with Crippen LogP contribution in [0.1, 0.15) is 67.2 Å². The number of nitrogens with one attached hydrogen (secondary N) is 2. The Kier molecular flexibility index (Phi) is 14.9. The maximum absolute atomic E-state index is 9.26. The van der Waals surface area contributed by atoms with Gasteiger partial charge >= 0.3 is 0 Å². The van der Waals surface area contributed by atoms with Gasteiger partial charge < -0.3 is 20.6 Å². The second-order valence-electron chi connectivity index (χ2n) is 7.44. The summed E-state index contributed by atoms with van der Waals surface area (Å²) < 4.78 is 0. The summed E-state index contributed by atoms with van der Waals surface area (Å²) in [7, 11) is 0. The molecule has 0 saturated heterocycles. The second-order valence-corrected chi connectivity index (χ2v) is 7.44. The summed E-state index contributed by atoms with van der Waals surface area (Å²) in [6.45, 7) is 18.6. The van der Waals surface area contributed by atoms with E-state index in [2.05, 4.69) is 57.1 Å². The van der Waals surface area contributed by atoms with Crippen molar-refractivity contribution < 1.29 is 5.11 Å². The van der Waals surface area contributed by atoms with Crippen molar-refractivity contribution in [3.05, 3.63) is 0 Å². The molecule has 0 saturated carbocycles. The molecule has 5 heteroatoms.